The van der Waals surface area contributed by atoms with Crippen LogP contribution in [0.25, 0.3) is 0 Å². The summed E-state index contributed by atoms with van der Waals surface area (Å²) in [5.41, 5.74) is 0.304. The molecule has 4 heteroatoms. The highest BCUT2D eigenvalue weighted by Crippen LogP contribution is 2.47. The Labute approximate surface area is 66.6 Å². The van der Waals surface area contributed by atoms with Gasteiger partial charge in [-0.05, 0) is 28.8 Å². The third kappa shape index (κ3) is 0.793. The molecule has 1 fully saturated rings. The van der Waals surface area contributed by atoms with E-state index in [0.29, 0.717) is 0 Å². The largest absolute Gasteiger partial charge is 0.385 e. The molecular formula is C6H7BrN2O. The number of aliphatic hydroxyl groups is 1. The molecule has 0 spiro atoms. The zero-order chi connectivity index (χ0) is 7.19. The van der Waals surface area contributed by atoms with E-state index in [2.05, 4.69) is 26.1 Å². The average molecular weight is 203 g/mol. The van der Waals surface area contributed by atoms with Crippen LogP contribution in [-0.4, -0.2) is 15.3 Å². The lowest BCUT2D eigenvalue weighted by molar-refractivity contribution is 0.151. The van der Waals surface area contributed by atoms with Crippen molar-refractivity contribution in [2.45, 2.75) is 18.4 Å². The molecule has 1 saturated carbocycles. The highest BCUT2D eigenvalue weighted by atomic mass is 79.9. The van der Waals surface area contributed by atoms with Crippen LogP contribution in [0.1, 0.15) is 18.4 Å². The predicted molar refractivity (Wildman–Crippen MR) is 39.4 cm³/mol. The second-order valence-corrected chi connectivity index (χ2v) is 3.42. The SMILES string of the molecule is OC1(c2cn[nH]c2Br)CC1. The van der Waals surface area contributed by atoms with E-state index in [9.17, 15) is 5.11 Å². The molecule has 1 heterocycles. The van der Waals surface area contributed by atoms with Crippen molar-refractivity contribution in [3.8, 4) is 0 Å². The molecule has 0 aliphatic heterocycles. The number of halogens is 1. The molecule has 0 amide bonds. The van der Waals surface area contributed by atoms with Crippen molar-refractivity contribution >= 4 is 15.9 Å². The second kappa shape index (κ2) is 1.83. The fraction of sp³-hybridized carbons (Fsp3) is 0.500. The summed E-state index contributed by atoms with van der Waals surface area (Å²) < 4.78 is 0.799. The van der Waals surface area contributed by atoms with Gasteiger partial charge in [-0.3, -0.25) is 5.10 Å². The summed E-state index contributed by atoms with van der Waals surface area (Å²) >= 11 is 3.26. The summed E-state index contributed by atoms with van der Waals surface area (Å²) in [5.74, 6) is 0. The molecule has 1 aromatic heterocycles. The van der Waals surface area contributed by atoms with Gasteiger partial charge >= 0.3 is 0 Å². The van der Waals surface area contributed by atoms with Crippen LogP contribution < -0.4 is 0 Å². The monoisotopic (exact) mass is 202 g/mol. The van der Waals surface area contributed by atoms with Gasteiger partial charge in [0.1, 0.15) is 4.60 Å². The van der Waals surface area contributed by atoms with E-state index in [1.807, 2.05) is 0 Å². The zero-order valence-electron chi connectivity index (χ0n) is 5.26. The number of nitrogens with zero attached hydrogens (tertiary/aromatic N) is 1. The average Bonchev–Trinajstić information content (AvgIpc) is 2.44. The summed E-state index contributed by atoms with van der Waals surface area (Å²) in [6.07, 6.45) is 3.37. The maximum Gasteiger partial charge on any atom is 0.106 e. The van der Waals surface area contributed by atoms with E-state index in [1.54, 1.807) is 6.20 Å². The quantitative estimate of drug-likeness (QED) is 0.719. The molecule has 0 bridgehead atoms. The summed E-state index contributed by atoms with van der Waals surface area (Å²) in [5, 5.41) is 16.1. The van der Waals surface area contributed by atoms with E-state index in [-0.39, 0.29) is 0 Å². The van der Waals surface area contributed by atoms with Gasteiger partial charge in [-0.15, -0.1) is 0 Å². The van der Waals surface area contributed by atoms with Gasteiger partial charge in [0.2, 0.25) is 0 Å². The van der Waals surface area contributed by atoms with Crippen LogP contribution in [-0.2, 0) is 5.60 Å². The Balaban J connectivity index is 2.42. The Morgan fingerprint density at radius 2 is 2.40 bits per heavy atom. The minimum absolute atomic E-state index is 0.578. The summed E-state index contributed by atoms with van der Waals surface area (Å²) in [4.78, 5) is 0. The van der Waals surface area contributed by atoms with Crippen LogP contribution in [0.2, 0.25) is 0 Å². The summed E-state index contributed by atoms with van der Waals surface area (Å²) in [7, 11) is 0. The Bertz CT molecular complexity index is 254. The van der Waals surface area contributed by atoms with Crippen LogP contribution in [0.5, 0.6) is 0 Å². The number of aromatic nitrogens is 2. The molecule has 0 radical (unpaired) electrons. The Morgan fingerprint density at radius 3 is 2.80 bits per heavy atom. The first-order chi connectivity index (χ1) is 4.72. The molecule has 10 heavy (non-hydrogen) atoms. The van der Waals surface area contributed by atoms with Crippen molar-refractivity contribution in [2.24, 2.45) is 0 Å². The topological polar surface area (TPSA) is 48.9 Å². The second-order valence-electron chi connectivity index (χ2n) is 2.63. The Hall–Kier alpha value is -0.350. The minimum Gasteiger partial charge on any atom is -0.385 e. The molecule has 54 valence electrons. The highest BCUT2D eigenvalue weighted by molar-refractivity contribution is 9.10. The first-order valence-electron chi connectivity index (χ1n) is 3.14. The highest BCUT2D eigenvalue weighted by Gasteiger charge is 2.44. The van der Waals surface area contributed by atoms with Crippen molar-refractivity contribution in [2.75, 3.05) is 0 Å². The Morgan fingerprint density at radius 1 is 1.70 bits per heavy atom. The molecule has 0 unspecified atom stereocenters. The van der Waals surface area contributed by atoms with Crippen molar-refractivity contribution in [3.05, 3.63) is 16.4 Å². The van der Waals surface area contributed by atoms with E-state index in [4.69, 9.17) is 0 Å². The first kappa shape index (κ1) is 6.37. The fourth-order valence-corrected chi connectivity index (χ4v) is 1.56. The molecular weight excluding hydrogens is 196 g/mol. The molecule has 1 aromatic rings. The lowest BCUT2D eigenvalue weighted by Gasteiger charge is -2.02. The van der Waals surface area contributed by atoms with E-state index < -0.39 is 5.60 Å². The van der Waals surface area contributed by atoms with Gasteiger partial charge in [-0.2, -0.15) is 5.10 Å². The van der Waals surface area contributed by atoms with Crippen LogP contribution in [0.4, 0.5) is 0 Å². The van der Waals surface area contributed by atoms with Crippen molar-refractivity contribution in [3.63, 3.8) is 0 Å². The predicted octanol–water partition coefficient (Wildman–Crippen LogP) is 1.15. The molecule has 1 aliphatic rings. The molecule has 0 aromatic carbocycles. The first-order valence-corrected chi connectivity index (χ1v) is 3.93. The van der Waals surface area contributed by atoms with Crippen LogP contribution >= 0.6 is 15.9 Å². The molecule has 1 aliphatic carbocycles. The number of H-pyrrole nitrogens is 1. The summed E-state index contributed by atoms with van der Waals surface area (Å²) in [6.45, 7) is 0. The van der Waals surface area contributed by atoms with Crippen LogP contribution in [0, 0.1) is 0 Å². The molecule has 3 nitrogen and oxygen atoms in total. The lowest BCUT2D eigenvalue weighted by Crippen LogP contribution is -2.02. The van der Waals surface area contributed by atoms with E-state index >= 15 is 0 Å². The summed E-state index contributed by atoms with van der Waals surface area (Å²) in [6, 6.07) is 0. The Kier molecular flexibility index (Phi) is 1.16. The number of hydrogen-bond acceptors (Lipinski definition) is 2. The molecule has 0 atom stereocenters. The van der Waals surface area contributed by atoms with E-state index in [1.165, 1.54) is 0 Å². The van der Waals surface area contributed by atoms with Crippen molar-refractivity contribution in [1.82, 2.24) is 10.2 Å². The maximum absolute atomic E-state index is 9.58. The number of rotatable bonds is 1. The zero-order valence-corrected chi connectivity index (χ0v) is 6.85. The number of aromatic amines is 1. The third-order valence-electron chi connectivity index (χ3n) is 1.82. The van der Waals surface area contributed by atoms with Crippen LogP contribution in [0.15, 0.2) is 10.8 Å². The molecule has 0 saturated heterocycles. The number of nitrogens with one attached hydrogen (secondary N) is 1. The smallest absolute Gasteiger partial charge is 0.106 e. The van der Waals surface area contributed by atoms with Gasteiger partial charge in [-0.1, -0.05) is 0 Å². The van der Waals surface area contributed by atoms with Gasteiger partial charge in [-0.25, -0.2) is 0 Å². The van der Waals surface area contributed by atoms with E-state index in [0.717, 1.165) is 23.0 Å². The number of hydrogen-bond donors (Lipinski definition) is 2. The normalized spacial score (nSPS) is 21.0. The standard InChI is InChI=1S/C6H7BrN2O/c7-5-4(3-8-9-5)6(10)1-2-6/h3,10H,1-2H2,(H,8,9). The lowest BCUT2D eigenvalue weighted by atomic mass is 10.2. The molecule has 2 N–H and O–H groups in total. The third-order valence-corrected chi connectivity index (χ3v) is 2.42. The van der Waals surface area contributed by atoms with Gasteiger partial charge in [0.05, 0.1) is 11.8 Å². The minimum atomic E-state index is -0.578. The fourth-order valence-electron chi connectivity index (χ4n) is 0.983. The maximum atomic E-state index is 9.58. The van der Waals surface area contributed by atoms with Crippen LogP contribution in [0.3, 0.4) is 0 Å². The van der Waals surface area contributed by atoms with Gasteiger partial charge in [0.25, 0.3) is 0 Å². The van der Waals surface area contributed by atoms with Crippen molar-refractivity contribution in [1.29, 1.82) is 0 Å². The van der Waals surface area contributed by atoms with Gasteiger partial charge in [0, 0.05) is 5.56 Å². The molecule has 2 rings (SSSR count). The van der Waals surface area contributed by atoms with Gasteiger partial charge < -0.3 is 5.11 Å². The van der Waals surface area contributed by atoms with Gasteiger partial charge in [0.15, 0.2) is 0 Å². The van der Waals surface area contributed by atoms with Crippen molar-refractivity contribution < 1.29 is 5.11 Å².